The number of aromatic hydroxyl groups is 1. The van der Waals surface area contributed by atoms with Crippen molar-refractivity contribution in [2.75, 3.05) is 0 Å². The van der Waals surface area contributed by atoms with Crippen LogP contribution in [0.25, 0.3) is 0 Å². The zero-order chi connectivity index (χ0) is 12.6. The summed E-state index contributed by atoms with van der Waals surface area (Å²) in [6.07, 6.45) is 3.73. The smallest absolute Gasteiger partial charge is 0.122 e. The minimum absolute atomic E-state index is 0.444. The summed E-state index contributed by atoms with van der Waals surface area (Å²) in [7, 11) is 0. The van der Waals surface area contributed by atoms with E-state index in [4.69, 9.17) is 0 Å². The molecule has 0 bridgehead atoms. The number of phenolic OH excluding ortho intramolecular Hbond substituents is 1. The number of benzene rings is 1. The van der Waals surface area contributed by atoms with Crippen LogP contribution in [0.5, 0.6) is 5.75 Å². The van der Waals surface area contributed by atoms with Crippen LogP contribution in [0, 0.1) is 12.8 Å². The first-order chi connectivity index (χ1) is 8.04. The van der Waals surface area contributed by atoms with E-state index in [2.05, 4.69) is 39.8 Å². The standard InChI is InChI=1S/C16H24O/c1-5-11(3)14-8-10(2)9-15(16(14)17)12(4)13-6-7-13/h8-9,11-13,17H,5-7H2,1-4H3. The maximum atomic E-state index is 10.5. The van der Waals surface area contributed by atoms with E-state index in [0.717, 1.165) is 17.9 Å². The second-order valence-electron chi connectivity index (χ2n) is 5.73. The summed E-state index contributed by atoms with van der Waals surface area (Å²) in [5.74, 6) is 2.31. The Balaban J connectivity index is 2.41. The Morgan fingerprint density at radius 3 is 2.35 bits per heavy atom. The molecule has 0 amide bonds. The highest BCUT2D eigenvalue weighted by Crippen LogP contribution is 2.46. The third-order valence-electron chi connectivity index (χ3n) is 4.28. The molecule has 2 atom stereocenters. The number of rotatable bonds is 4. The average Bonchev–Trinajstić information content (AvgIpc) is 3.13. The van der Waals surface area contributed by atoms with Gasteiger partial charge in [0, 0.05) is 0 Å². The van der Waals surface area contributed by atoms with Gasteiger partial charge in [-0.2, -0.15) is 0 Å². The summed E-state index contributed by atoms with van der Waals surface area (Å²) < 4.78 is 0. The van der Waals surface area contributed by atoms with E-state index < -0.39 is 0 Å². The van der Waals surface area contributed by atoms with Crippen molar-refractivity contribution in [2.24, 2.45) is 5.92 Å². The van der Waals surface area contributed by atoms with E-state index in [-0.39, 0.29) is 0 Å². The fourth-order valence-corrected chi connectivity index (χ4v) is 2.63. The predicted octanol–water partition coefficient (Wildman–Crippen LogP) is 4.73. The van der Waals surface area contributed by atoms with Gasteiger partial charge in [-0.1, -0.05) is 38.5 Å². The molecule has 0 aliphatic heterocycles. The van der Waals surface area contributed by atoms with Crippen molar-refractivity contribution in [3.8, 4) is 5.75 Å². The molecule has 0 saturated heterocycles. The van der Waals surface area contributed by atoms with Crippen LogP contribution in [0.1, 0.15) is 68.6 Å². The van der Waals surface area contributed by atoms with Crippen LogP contribution in [0.4, 0.5) is 0 Å². The van der Waals surface area contributed by atoms with Gasteiger partial charge in [0.1, 0.15) is 5.75 Å². The second-order valence-corrected chi connectivity index (χ2v) is 5.73. The molecule has 1 N–H and O–H groups in total. The highest BCUT2D eigenvalue weighted by Gasteiger charge is 2.31. The fourth-order valence-electron chi connectivity index (χ4n) is 2.63. The first-order valence-corrected chi connectivity index (χ1v) is 6.88. The molecule has 1 saturated carbocycles. The van der Waals surface area contributed by atoms with E-state index >= 15 is 0 Å². The summed E-state index contributed by atoms with van der Waals surface area (Å²) in [4.78, 5) is 0. The highest BCUT2D eigenvalue weighted by atomic mass is 16.3. The monoisotopic (exact) mass is 232 g/mol. The van der Waals surface area contributed by atoms with Gasteiger partial charge in [-0.05, 0) is 55.1 Å². The Morgan fingerprint density at radius 2 is 1.82 bits per heavy atom. The zero-order valence-corrected chi connectivity index (χ0v) is 11.5. The molecule has 1 heteroatoms. The summed E-state index contributed by atoms with van der Waals surface area (Å²) in [5, 5.41) is 10.5. The Bertz CT molecular complexity index is 404. The van der Waals surface area contributed by atoms with Crippen molar-refractivity contribution in [3.63, 3.8) is 0 Å². The van der Waals surface area contributed by atoms with E-state index in [9.17, 15) is 5.11 Å². The van der Waals surface area contributed by atoms with Crippen molar-refractivity contribution < 1.29 is 5.11 Å². The van der Waals surface area contributed by atoms with E-state index in [1.807, 2.05) is 0 Å². The van der Waals surface area contributed by atoms with E-state index in [0.29, 0.717) is 17.6 Å². The van der Waals surface area contributed by atoms with Gasteiger partial charge in [0.2, 0.25) is 0 Å². The molecule has 1 nitrogen and oxygen atoms in total. The topological polar surface area (TPSA) is 20.2 Å². The lowest BCUT2D eigenvalue weighted by Gasteiger charge is -2.19. The van der Waals surface area contributed by atoms with Crippen LogP contribution < -0.4 is 0 Å². The van der Waals surface area contributed by atoms with Crippen molar-refractivity contribution >= 4 is 0 Å². The summed E-state index contributed by atoms with van der Waals surface area (Å²) in [6.45, 7) is 8.76. The fraction of sp³-hybridized carbons (Fsp3) is 0.625. The van der Waals surface area contributed by atoms with Gasteiger partial charge in [-0.15, -0.1) is 0 Å². The SMILES string of the molecule is CCC(C)c1cc(C)cc(C(C)C2CC2)c1O. The van der Waals surface area contributed by atoms with Gasteiger partial charge in [-0.25, -0.2) is 0 Å². The average molecular weight is 232 g/mol. The molecule has 0 aromatic heterocycles. The molecule has 0 heterocycles. The summed E-state index contributed by atoms with van der Waals surface area (Å²) in [6, 6.07) is 4.32. The predicted molar refractivity (Wildman–Crippen MR) is 72.7 cm³/mol. The Hall–Kier alpha value is -0.980. The van der Waals surface area contributed by atoms with Crippen LogP contribution in [-0.2, 0) is 0 Å². The third kappa shape index (κ3) is 2.48. The second kappa shape index (κ2) is 4.72. The van der Waals surface area contributed by atoms with Crippen LogP contribution >= 0.6 is 0 Å². The molecule has 2 rings (SSSR count). The lowest BCUT2D eigenvalue weighted by atomic mass is 9.87. The third-order valence-corrected chi connectivity index (χ3v) is 4.28. The first kappa shape index (κ1) is 12.5. The van der Waals surface area contributed by atoms with Crippen molar-refractivity contribution in [3.05, 3.63) is 28.8 Å². The van der Waals surface area contributed by atoms with E-state index in [1.165, 1.54) is 24.0 Å². The summed E-state index contributed by atoms with van der Waals surface area (Å²) >= 11 is 0. The molecule has 1 aromatic carbocycles. The maximum Gasteiger partial charge on any atom is 0.122 e. The molecule has 1 aromatic rings. The summed E-state index contributed by atoms with van der Waals surface area (Å²) in [5.41, 5.74) is 3.58. The molecule has 0 radical (unpaired) electrons. The van der Waals surface area contributed by atoms with Crippen LogP contribution in [-0.4, -0.2) is 5.11 Å². The molecule has 2 unspecified atom stereocenters. The Labute approximate surface area is 105 Å². The van der Waals surface area contributed by atoms with Gasteiger partial charge in [0.25, 0.3) is 0 Å². The first-order valence-electron chi connectivity index (χ1n) is 6.88. The van der Waals surface area contributed by atoms with Gasteiger partial charge in [0.05, 0.1) is 0 Å². The maximum absolute atomic E-state index is 10.5. The number of hydrogen-bond acceptors (Lipinski definition) is 1. The Kier molecular flexibility index (Phi) is 3.46. The number of phenols is 1. The Morgan fingerprint density at radius 1 is 1.24 bits per heavy atom. The lowest BCUT2D eigenvalue weighted by molar-refractivity contribution is 0.445. The van der Waals surface area contributed by atoms with Crippen LogP contribution in [0.2, 0.25) is 0 Å². The quantitative estimate of drug-likeness (QED) is 0.795. The molecule has 1 fully saturated rings. The number of aryl methyl sites for hydroxylation is 1. The van der Waals surface area contributed by atoms with Crippen molar-refractivity contribution in [1.82, 2.24) is 0 Å². The molecule has 94 valence electrons. The number of hydrogen-bond donors (Lipinski definition) is 1. The molecule has 1 aliphatic carbocycles. The normalized spacial score (nSPS) is 19.1. The molecular formula is C16H24O. The van der Waals surface area contributed by atoms with Gasteiger partial charge in [0.15, 0.2) is 0 Å². The largest absolute Gasteiger partial charge is 0.507 e. The van der Waals surface area contributed by atoms with Gasteiger partial charge in [-0.3, -0.25) is 0 Å². The van der Waals surface area contributed by atoms with Gasteiger partial charge >= 0.3 is 0 Å². The molecule has 0 spiro atoms. The minimum Gasteiger partial charge on any atom is -0.507 e. The molecule has 17 heavy (non-hydrogen) atoms. The van der Waals surface area contributed by atoms with Crippen LogP contribution in [0.3, 0.4) is 0 Å². The zero-order valence-electron chi connectivity index (χ0n) is 11.5. The molecule has 1 aliphatic rings. The van der Waals surface area contributed by atoms with E-state index in [1.54, 1.807) is 0 Å². The minimum atomic E-state index is 0.444. The highest BCUT2D eigenvalue weighted by molar-refractivity contribution is 5.47. The van der Waals surface area contributed by atoms with Crippen molar-refractivity contribution in [2.45, 2.75) is 58.8 Å². The van der Waals surface area contributed by atoms with Crippen molar-refractivity contribution in [1.29, 1.82) is 0 Å². The van der Waals surface area contributed by atoms with Gasteiger partial charge < -0.3 is 5.11 Å². The van der Waals surface area contributed by atoms with Crippen LogP contribution in [0.15, 0.2) is 12.1 Å². The lowest BCUT2D eigenvalue weighted by Crippen LogP contribution is -2.01. The molecular weight excluding hydrogens is 208 g/mol.